The SMILES string of the molecule is COc1cc2c(Oc3ccc(C4CCCCC4)cc3)c(C(=O)OC(C)C)sc2cc1[N+](=O)[O-]. The van der Waals surface area contributed by atoms with E-state index in [1.807, 2.05) is 12.1 Å². The first kappa shape index (κ1) is 23.0. The third-order valence-corrected chi connectivity index (χ3v) is 6.96. The summed E-state index contributed by atoms with van der Waals surface area (Å²) in [6.07, 6.45) is 5.94. The van der Waals surface area contributed by atoms with Gasteiger partial charge >= 0.3 is 11.7 Å². The lowest BCUT2D eigenvalue weighted by Gasteiger charge is -2.22. The summed E-state index contributed by atoms with van der Waals surface area (Å²) in [5.41, 5.74) is 1.13. The van der Waals surface area contributed by atoms with Crippen LogP contribution in [0.5, 0.6) is 17.2 Å². The molecule has 0 amide bonds. The monoisotopic (exact) mass is 469 g/mol. The zero-order valence-corrected chi connectivity index (χ0v) is 19.8. The summed E-state index contributed by atoms with van der Waals surface area (Å²) in [5.74, 6) is 1.06. The third kappa shape index (κ3) is 4.95. The topological polar surface area (TPSA) is 87.9 Å². The Morgan fingerprint density at radius 1 is 1.12 bits per heavy atom. The van der Waals surface area contributed by atoms with E-state index >= 15 is 0 Å². The highest BCUT2D eigenvalue weighted by atomic mass is 32.1. The fourth-order valence-corrected chi connectivity index (χ4v) is 5.29. The number of carbonyl (C=O) groups is 1. The van der Waals surface area contributed by atoms with Crippen LogP contribution in [0.1, 0.15) is 67.1 Å². The number of hydrogen-bond donors (Lipinski definition) is 0. The van der Waals surface area contributed by atoms with Crippen molar-refractivity contribution in [2.75, 3.05) is 7.11 Å². The van der Waals surface area contributed by atoms with E-state index in [0.29, 0.717) is 27.5 Å². The minimum absolute atomic E-state index is 0.103. The summed E-state index contributed by atoms with van der Waals surface area (Å²) in [6.45, 7) is 3.53. The van der Waals surface area contributed by atoms with Crippen LogP contribution in [0, 0.1) is 10.1 Å². The highest BCUT2D eigenvalue weighted by Crippen LogP contribution is 2.45. The van der Waals surface area contributed by atoms with Gasteiger partial charge in [-0.05, 0) is 56.4 Å². The van der Waals surface area contributed by atoms with Crippen molar-refractivity contribution in [2.24, 2.45) is 0 Å². The number of methoxy groups -OCH3 is 1. The molecule has 1 aromatic heterocycles. The molecule has 0 saturated heterocycles. The summed E-state index contributed by atoms with van der Waals surface area (Å²) in [4.78, 5) is 24.0. The second kappa shape index (κ2) is 9.79. The van der Waals surface area contributed by atoms with Gasteiger partial charge in [0.2, 0.25) is 0 Å². The van der Waals surface area contributed by atoms with Gasteiger partial charge in [0.1, 0.15) is 5.75 Å². The first-order valence-electron chi connectivity index (χ1n) is 11.1. The highest BCUT2D eigenvalue weighted by Gasteiger charge is 2.27. The second-order valence-corrected chi connectivity index (χ2v) is 9.55. The Bertz CT molecular complexity index is 1160. The summed E-state index contributed by atoms with van der Waals surface area (Å²) in [7, 11) is 1.37. The maximum absolute atomic E-state index is 12.8. The van der Waals surface area contributed by atoms with Crippen molar-refractivity contribution in [3.63, 3.8) is 0 Å². The molecule has 0 unspecified atom stereocenters. The molecule has 1 aliphatic carbocycles. The minimum atomic E-state index is -0.526. The zero-order valence-electron chi connectivity index (χ0n) is 19.0. The van der Waals surface area contributed by atoms with Crippen LogP contribution in [0.2, 0.25) is 0 Å². The number of fused-ring (bicyclic) bond motifs is 1. The first-order chi connectivity index (χ1) is 15.9. The van der Waals surface area contributed by atoms with Gasteiger partial charge in [-0.25, -0.2) is 4.79 Å². The van der Waals surface area contributed by atoms with Crippen LogP contribution in [0.15, 0.2) is 36.4 Å². The lowest BCUT2D eigenvalue weighted by Crippen LogP contribution is -2.11. The Morgan fingerprint density at radius 2 is 1.82 bits per heavy atom. The largest absolute Gasteiger partial charge is 0.490 e. The molecule has 1 heterocycles. The van der Waals surface area contributed by atoms with Gasteiger partial charge in [0.05, 0.1) is 18.1 Å². The zero-order chi connectivity index (χ0) is 23.5. The van der Waals surface area contributed by atoms with Gasteiger partial charge in [0.15, 0.2) is 16.4 Å². The number of nitrogens with zero attached hydrogens (tertiary/aromatic N) is 1. The van der Waals surface area contributed by atoms with Gasteiger partial charge in [-0.2, -0.15) is 0 Å². The Hall–Kier alpha value is -3.13. The molecule has 4 rings (SSSR count). The molecular formula is C25H27NO6S. The van der Waals surface area contributed by atoms with Crippen molar-refractivity contribution in [1.82, 2.24) is 0 Å². The molecule has 8 heteroatoms. The fraction of sp³-hybridized carbons (Fsp3) is 0.400. The van der Waals surface area contributed by atoms with Crippen LogP contribution in [0.25, 0.3) is 10.1 Å². The van der Waals surface area contributed by atoms with Gasteiger partial charge in [-0.1, -0.05) is 31.4 Å². The lowest BCUT2D eigenvalue weighted by atomic mass is 9.84. The molecule has 3 aromatic rings. The highest BCUT2D eigenvalue weighted by molar-refractivity contribution is 7.21. The van der Waals surface area contributed by atoms with Gasteiger partial charge in [-0.3, -0.25) is 10.1 Å². The van der Waals surface area contributed by atoms with Crippen molar-refractivity contribution >= 4 is 33.1 Å². The molecule has 0 aliphatic heterocycles. The van der Waals surface area contributed by atoms with Crippen molar-refractivity contribution in [3.8, 4) is 17.2 Å². The molecule has 2 aromatic carbocycles. The minimum Gasteiger partial charge on any atom is -0.490 e. The molecule has 0 N–H and O–H groups in total. The molecule has 1 saturated carbocycles. The first-order valence-corrected chi connectivity index (χ1v) is 12.0. The Kier molecular flexibility index (Phi) is 6.83. The Labute approximate surface area is 196 Å². The summed E-state index contributed by atoms with van der Waals surface area (Å²) >= 11 is 1.11. The predicted molar refractivity (Wildman–Crippen MR) is 128 cm³/mol. The molecule has 174 valence electrons. The molecule has 1 fully saturated rings. The van der Waals surface area contributed by atoms with Crippen molar-refractivity contribution < 1.29 is 23.9 Å². The molecule has 7 nitrogen and oxygen atoms in total. The normalized spacial score (nSPS) is 14.4. The van der Waals surface area contributed by atoms with Crippen molar-refractivity contribution in [3.05, 3.63) is 57.0 Å². The molecule has 0 bridgehead atoms. The molecular weight excluding hydrogens is 442 g/mol. The molecule has 0 atom stereocenters. The second-order valence-electron chi connectivity index (χ2n) is 8.50. The van der Waals surface area contributed by atoms with Crippen LogP contribution in [-0.4, -0.2) is 24.1 Å². The molecule has 1 aliphatic rings. The number of ether oxygens (including phenoxy) is 3. The van der Waals surface area contributed by atoms with E-state index in [1.54, 1.807) is 19.9 Å². The van der Waals surface area contributed by atoms with E-state index in [4.69, 9.17) is 14.2 Å². The number of hydrogen-bond acceptors (Lipinski definition) is 7. The number of esters is 1. The third-order valence-electron chi connectivity index (χ3n) is 5.85. The summed E-state index contributed by atoms with van der Waals surface area (Å²) in [5, 5.41) is 12.0. The molecule has 0 spiro atoms. The number of carbonyl (C=O) groups excluding carboxylic acids is 1. The van der Waals surface area contributed by atoms with E-state index in [0.717, 1.165) is 11.3 Å². The number of thiophene rings is 1. The van der Waals surface area contributed by atoms with Gasteiger partial charge < -0.3 is 14.2 Å². The number of nitro groups is 1. The van der Waals surface area contributed by atoms with Crippen LogP contribution in [0.4, 0.5) is 5.69 Å². The van der Waals surface area contributed by atoms with E-state index in [9.17, 15) is 14.9 Å². The van der Waals surface area contributed by atoms with Crippen LogP contribution in [0.3, 0.4) is 0 Å². The average Bonchev–Trinajstić information content (AvgIpc) is 3.16. The predicted octanol–water partition coefficient (Wildman–Crippen LogP) is 7.22. The molecule has 33 heavy (non-hydrogen) atoms. The van der Waals surface area contributed by atoms with Crippen LogP contribution in [-0.2, 0) is 4.74 Å². The summed E-state index contributed by atoms with van der Waals surface area (Å²) in [6, 6.07) is 10.9. The van der Waals surface area contributed by atoms with Gasteiger partial charge in [-0.15, -0.1) is 11.3 Å². The maximum Gasteiger partial charge on any atom is 0.352 e. The smallest absolute Gasteiger partial charge is 0.352 e. The fourth-order valence-electron chi connectivity index (χ4n) is 4.26. The van der Waals surface area contributed by atoms with Crippen molar-refractivity contribution in [2.45, 2.75) is 58.0 Å². The van der Waals surface area contributed by atoms with Crippen LogP contribution < -0.4 is 9.47 Å². The average molecular weight is 470 g/mol. The van der Waals surface area contributed by atoms with E-state index in [-0.39, 0.29) is 22.4 Å². The van der Waals surface area contributed by atoms with E-state index < -0.39 is 10.9 Å². The van der Waals surface area contributed by atoms with E-state index in [1.165, 1.54) is 50.8 Å². The lowest BCUT2D eigenvalue weighted by molar-refractivity contribution is -0.385. The number of rotatable bonds is 7. The standard InChI is InChI=1S/C25H27NO6S/c1-15(2)31-25(27)24-23(19-13-21(30-3)20(26(28)29)14-22(19)33-24)32-18-11-9-17(10-12-18)16-7-5-4-6-8-16/h9-16H,4-8H2,1-3H3. The van der Waals surface area contributed by atoms with Crippen molar-refractivity contribution in [1.29, 1.82) is 0 Å². The van der Waals surface area contributed by atoms with Gasteiger partial charge in [0, 0.05) is 16.2 Å². The van der Waals surface area contributed by atoms with E-state index in [2.05, 4.69) is 12.1 Å². The quantitative estimate of drug-likeness (QED) is 0.206. The Balaban J connectivity index is 1.73. The molecule has 0 radical (unpaired) electrons. The summed E-state index contributed by atoms with van der Waals surface area (Å²) < 4.78 is 17.4. The van der Waals surface area contributed by atoms with Gasteiger partial charge in [0.25, 0.3) is 0 Å². The number of benzene rings is 2. The number of nitro benzene ring substituents is 1. The van der Waals surface area contributed by atoms with Crippen LogP contribution >= 0.6 is 11.3 Å². The Morgan fingerprint density at radius 3 is 2.42 bits per heavy atom. The maximum atomic E-state index is 12.8.